The molecule has 0 aliphatic heterocycles. The fourth-order valence-corrected chi connectivity index (χ4v) is 1.86. The molecule has 0 heterocycles. The fourth-order valence-electron chi connectivity index (χ4n) is 1.86. The summed E-state index contributed by atoms with van der Waals surface area (Å²) in [6, 6.07) is 0. The molecule has 0 aromatic rings. The normalized spacial score (nSPS) is 14.7. The molecule has 0 bridgehead atoms. The number of rotatable bonds is 13. The van der Waals surface area contributed by atoms with Gasteiger partial charge in [-0.3, -0.25) is 0 Å². The number of unbranched alkanes of at least 4 members (excludes halogenated alkanes) is 5. The first kappa shape index (κ1) is 17.9. The summed E-state index contributed by atoms with van der Waals surface area (Å²) in [6.45, 7) is 8.95. The van der Waals surface area contributed by atoms with Crippen LogP contribution < -0.4 is 5.32 Å². The molecule has 110 valence electrons. The van der Waals surface area contributed by atoms with Gasteiger partial charge in [-0.25, -0.2) is 0 Å². The second kappa shape index (κ2) is 11.9. The molecule has 0 aliphatic rings. The number of aliphatic hydroxyl groups is 1. The molecule has 0 spiro atoms. The number of hydrogen-bond donors (Lipinski definition) is 2. The lowest BCUT2D eigenvalue weighted by atomic mass is 10.1. The van der Waals surface area contributed by atoms with Gasteiger partial charge in [0.2, 0.25) is 0 Å². The van der Waals surface area contributed by atoms with E-state index in [0.717, 1.165) is 26.0 Å². The van der Waals surface area contributed by atoms with E-state index in [2.05, 4.69) is 19.2 Å². The van der Waals surface area contributed by atoms with Gasteiger partial charge in [0, 0.05) is 13.2 Å². The Bertz CT molecular complexity index is 172. The molecule has 0 rings (SSSR count). The van der Waals surface area contributed by atoms with E-state index in [1.54, 1.807) is 0 Å². The van der Waals surface area contributed by atoms with Crippen molar-refractivity contribution >= 4 is 0 Å². The van der Waals surface area contributed by atoms with Gasteiger partial charge in [-0.1, -0.05) is 46.0 Å². The van der Waals surface area contributed by atoms with Gasteiger partial charge in [-0.2, -0.15) is 0 Å². The molecule has 1 atom stereocenters. The van der Waals surface area contributed by atoms with Crippen LogP contribution in [0.3, 0.4) is 0 Å². The molecule has 0 aliphatic carbocycles. The van der Waals surface area contributed by atoms with Gasteiger partial charge in [-0.05, 0) is 26.3 Å². The molecule has 0 radical (unpaired) electrons. The van der Waals surface area contributed by atoms with Crippen LogP contribution >= 0.6 is 0 Å². The van der Waals surface area contributed by atoms with Crippen molar-refractivity contribution in [1.29, 1.82) is 0 Å². The van der Waals surface area contributed by atoms with Crippen LogP contribution in [0.25, 0.3) is 0 Å². The largest absolute Gasteiger partial charge is 0.386 e. The Balaban J connectivity index is 3.30. The smallest absolute Gasteiger partial charge is 0.0975 e. The number of hydrogen-bond acceptors (Lipinski definition) is 3. The Morgan fingerprint density at radius 3 is 2.33 bits per heavy atom. The molecule has 0 fully saturated rings. The van der Waals surface area contributed by atoms with Crippen molar-refractivity contribution in [2.24, 2.45) is 0 Å². The molecule has 18 heavy (non-hydrogen) atoms. The minimum Gasteiger partial charge on any atom is -0.386 e. The molecule has 0 amide bonds. The molecular formula is C15H33NO2. The van der Waals surface area contributed by atoms with Crippen molar-refractivity contribution in [3.63, 3.8) is 0 Å². The van der Waals surface area contributed by atoms with E-state index in [4.69, 9.17) is 4.74 Å². The molecule has 0 aromatic heterocycles. The van der Waals surface area contributed by atoms with E-state index < -0.39 is 5.60 Å². The fraction of sp³-hybridized carbons (Fsp3) is 1.00. The Hall–Kier alpha value is -0.120. The van der Waals surface area contributed by atoms with Gasteiger partial charge in [-0.15, -0.1) is 0 Å². The quantitative estimate of drug-likeness (QED) is 0.499. The third-order valence-corrected chi connectivity index (χ3v) is 2.99. The lowest BCUT2D eigenvalue weighted by Gasteiger charge is -2.23. The van der Waals surface area contributed by atoms with E-state index in [1.807, 2.05) is 6.92 Å². The van der Waals surface area contributed by atoms with Crippen molar-refractivity contribution in [3.05, 3.63) is 0 Å². The van der Waals surface area contributed by atoms with Crippen molar-refractivity contribution in [2.45, 2.75) is 71.3 Å². The SMILES string of the molecule is CCCCCCCCOCC(C)(O)CNCCC. The van der Waals surface area contributed by atoms with Gasteiger partial charge in [0.1, 0.15) is 0 Å². The van der Waals surface area contributed by atoms with E-state index in [0.29, 0.717) is 13.2 Å². The predicted molar refractivity (Wildman–Crippen MR) is 78.0 cm³/mol. The summed E-state index contributed by atoms with van der Waals surface area (Å²) >= 11 is 0. The lowest BCUT2D eigenvalue weighted by molar-refractivity contribution is -0.0329. The molecule has 0 saturated heterocycles. The molecule has 3 nitrogen and oxygen atoms in total. The molecule has 2 N–H and O–H groups in total. The maximum Gasteiger partial charge on any atom is 0.0975 e. The lowest BCUT2D eigenvalue weighted by Crippen LogP contribution is -2.42. The van der Waals surface area contributed by atoms with Crippen LogP contribution in [0.2, 0.25) is 0 Å². The third kappa shape index (κ3) is 12.3. The third-order valence-electron chi connectivity index (χ3n) is 2.99. The van der Waals surface area contributed by atoms with Gasteiger partial charge < -0.3 is 15.2 Å². The minimum atomic E-state index is -0.739. The van der Waals surface area contributed by atoms with Crippen LogP contribution in [0.4, 0.5) is 0 Å². The van der Waals surface area contributed by atoms with E-state index in [-0.39, 0.29) is 0 Å². The highest BCUT2D eigenvalue weighted by atomic mass is 16.5. The summed E-state index contributed by atoms with van der Waals surface area (Å²) in [6.07, 6.45) is 8.75. The Labute approximate surface area is 113 Å². The summed E-state index contributed by atoms with van der Waals surface area (Å²) in [4.78, 5) is 0. The minimum absolute atomic E-state index is 0.429. The highest BCUT2D eigenvalue weighted by Crippen LogP contribution is 2.06. The first-order valence-electron chi connectivity index (χ1n) is 7.63. The number of ether oxygens (including phenoxy) is 1. The standard InChI is InChI=1S/C15H33NO2/c1-4-6-7-8-9-10-12-18-14-15(3,17)13-16-11-5-2/h16-17H,4-14H2,1-3H3. The zero-order valence-corrected chi connectivity index (χ0v) is 12.6. The maximum atomic E-state index is 10.0. The van der Waals surface area contributed by atoms with Gasteiger partial charge in [0.15, 0.2) is 0 Å². The molecule has 0 aromatic carbocycles. The molecular weight excluding hydrogens is 226 g/mol. The summed E-state index contributed by atoms with van der Waals surface area (Å²) in [5.74, 6) is 0. The first-order chi connectivity index (χ1) is 8.62. The predicted octanol–water partition coefficient (Wildman–Crippen LogP) is 3.11. The second-order valence-corrected chi connectivity index (χ2v) is 5.49. The van der Waals surface area contributed by atoms with E-state index in [9.17, 15) is 5.11 Å². The number of nitrogens with one attached hydrogen (secondary N) is 1. The summed E-state index contributed by atoms with van der Waals surface area (Å²) < 4.78 is 5.55. The Morgan fingerprint density at radius 1 is 1.00 bits per heavy atom. The summed E-state index contributed by atoms with van der Waals surface area (Å²) in [7, 11) is 0. The Kier molecular flexibility index (Phi) is 11.9. The summed E-state index contributed by atoms with van der Waals surface area (Å²) in [5, 5.41) is 13.2. The van der Waals surface area contributed by atoms with Crippen LogP contribution in [-0.2, 0) is 4.74 Å². The zero-order chi connectivity index (χ0) is 13.7. The monoisotopic (exact) mass is 259 g/mol. The van der Waals surface area contributed by atoms with Crippen molar-refractivity contribution < 1.29 is 9.84 Å². The average Bonchev–Trinajstić information content (AvgIpc) is 2.33. The van der Waals surface area contributed by atoms with Crippen molar-refractivity contribution in [1.82, 2.24) is 5.32 Å². The molecule has 3 heteroatoms. The molecule has 1 unspecified atom stereocenters. The van der Waals surface area contributed by atoms with Crippen LogP contribution in [0, 0.1) is 0 Å². The van der Waals surface area contributed by atoms with Crippen LogP contribution in [0.15, 0.2) is 0 Å². The van der Waals surface area contributed by atoms with E-state index >= 15 is 0 Å². The van der Waals surface area contributed by atoms with E-state index in [1.165, 1.54) is 32.1 Å². The topological polar surface area (TPSA) is 41.5 Å². The van der Waals surface area contributed by atoms with Gasteiger partial charge >= 0.3 is 0 Å². The van der Waals surface area contributed by atoms with Crippen LogP contribution in [-0.4, -0.2) is 37.0 Å². The van der Waals surface area contributed by atoms with Gasteiger partial charge in [0.25, 0.3) is 0 Å². The second-order valence-electron chi connectivity index (χ2n) is 5.49. The van der Waals surface area contributed by atoms with Crippen LogP contribution in [0.1, 0.15) is 65.7 Å². The van der Waals surface area contributed by atoms with Crippen LogP contribution in [0.5, 0.6) is 0 Å². The van der Waals surface area contributed by atoms with Crippen molar-refractivity contribution in [2.75, 3.05) is 26.3 Å². The van der Waals surface area contributed by atoms with Crippen molar-refractivity contribution in [3.8, 4) is 0 Å². The highest BCUT2D eigenvalue weighted by Gasteiger charge is 2.19. The maximum absolute atomic E-state index is 10.0. The summed E-state index contributed by atoms with van der Waals surface area (Å²) in [5.41, 5.74) is -0.739. The Morgan fingerprint density at radius 2 is 1.67 bits per heavy atom. The average molecular weight is 259 g/mol. The zero-order valence-electron chi connectivity index (χ0n) is 12.6. The molecule has 0 saturated carbocycles. The van der Waals surface area contributed by atoms with Gasteiger partial charge in [0.05, 0.1) is 12.2 Å². The highest BCUT2D eigenvalue weighted by molar-refractivity contribution is 4.74. The first-order valence-corrected chi connectivity index (χ1v) is 7.63.